The second-order valence-corrected chi connectivity index (χ2v) is 17.0. The fraction of sp³-hybridized carbons (Fsp3) is 0.326. The van der Waals surface area contributed by atoms with E-state index in [1.54, 1.807) is 65.5 Å². The van der Waals surface area contributed by atoms with Crippen LogP contribution in [0.2, 0.25) is 5.02 Å². The quantitative estimate of drug-likeness (QED) is 0.131. The van der Waals surface area contributed by atoms with Gasteiger partial charge in [0, 0.05) is 35.3 Å². The number of thiophene rings is 1. The molecule has 3 aromatic carbocycles. The predicted molar refractivity (Wildman–Crippen MR) is 212 cm³/mol. The van der Waals surface area contributed by atoms with E-state index in [0.717, 1.165) is 31.7 Å². The Morgan fingerprint density at radius 3 is 2.48 bits per heavy atom. The summed E-state index contributed by atoms with van der Waals surface area (Å²) in [6, 6.07) is 19.2. The number of aromatic nitrogens is 2. The molecule has 0 spiro atoms. The number of allylic oxidation sites excluding steroid dienone is 2. The lowest BCUT2D eigenvalue weighted by Gasteiger charge is -2.49. The molecule has 2 saturated heterocycles. The fourth-order valence-electron chi connectivity index (χ4n) is 9.89. The molecule has 6 atom stereocenters. The molecular formula is C43H39ClN4O7S. The van der Waals surface area contributed by atoms with E-state index >= 15 is 4.79 Å². The molecule has 0 bridgehead atoms. The fourth-order valence-corrected chi connectivity index (χ4v) is 11.2. The monoisotopic (exact) mass is 790 g/mol. The molecule has 4 amide bonds. The summed E-state index contributed by atoms with van der Waals surface area (Å²) in [5.74, 6) is -3.92. The van der Waals surface area contributed by atoms with E-state index < -0.39 is 35.0 Å². The van der Waals surface area contributed by atoms with Gasteiger partial charge < -0.3 is 14.9 Å². The van der Waals surface area contributed by atoms with Gasteiger partial charge in [-0.3, -0.25) is 28.8 Å². The molecule has 56 heavy (non-hydrogen) atoms. The van der Waals surface area contributed by atoms with Gasteiger partial charge in [0.2, 0.25) is 23.6 Å². The van der Waals surface area contributed by atoms with Crippen molar-refractivity contribution >= 4 is 62.5 Å². The van der Waals surface area contributed by atoms with Crippen LogP contribution in [0, 0.1) is 36.0 Å². The van der Waals surface area contributed by atoms with Crippen LogP contribution in [0.4, 0.5) is 5.82 Å². The summed E-state index contributed by atoms with van der Waals surface area (Å²) >= 11 is 7.88. The number of phenols is 2. The lowest BCUT2D eigenvalue weighted by Crippen LogP contribution is -2.49. The number of amides is 4. The minimum Gasteiger partial charge on any atom is -0.508 e. The number of rotatable bonds is 7. The van der Waals surface area contributed by atoms with E-state index in [9.17, 15) is 24.6 Å². The topological polar surface area (TPSA) is 142 Å². The summed E-state index contributed by atoms with van der Waals surface area (Å²) < 4.78 is 8.12. The Balaban J connectivity index is 1.11. The first-order valence-corrected chi connectivity index (χ1v) is 19.8. The lowest BCUT2D eigenvalue weighted by molar-refractivity contribution is -0.140. The van der Waals surface area contributed by atoms with Gasteiger partial charge in [0.05, 0.1) is 35.2 Å². The Labute approximate surface area is 331 Å². The van der Waals surface area contributed by atoms with Gasteiger partial charge in [-0.25, -0.2) is 4.90 Å². The highest BCUT2D eigenvalue weighted by molar-refractivity contribution is 7.22. The Kier molecular flexibility index (Phi) is 8.44. The van der Waals surface area contributed by atoms with E-state index in [2.05, 4.69) is 0 Å². The number of fused-ring (bicyclic) bond motifs is 5. The Hall–Kier alpha value is -5.46. The average Bonchev–Trinajstić information content (AvgIpc) is 3.85. The summed E-state index contributed by atoms with van der Waals surface area (Å²) in [6.07, 6.45) is 2.97. The van der Waals surface area contributed by atoms with Gasteiger partial charge in [-0.2, -0.15) is 5.10 Å². The van der Waals surface area contributed by atoms with Crippen molar-refractivity contribution in [3.05, 3.63) is 100 Å². The number of halogens is 1. The molecule has 1 saturated carbocycles. The van der Waals surface area contributed by atoms with Gasteiger partial charge in [0.1, 0.15) is 17.3 Å². The largest absolute Gasteiger partial charge is 0.508 e. The van der Waals surface area contributed by atoms with E-state index in [1.807, 2.05) is 38.1 Å². The molecule has 11 nitrogen and oxygen atoms in total. The molecule has 3 fully saturated rings. The van der Waals surface area contributed by atoms with Crippen LogP contribution < -0.4 is 9.64 Å². The van der Waals surface area contributed by atoms with Crippen molar-refractivity contribution in [2.75, 3.05) is 18.6 Å². The summed E-state index contributed by atoms with van der Waals surface area (Å²) in [7, 11) is 3.17. The summed E-state index contributed by atoms with van der Waals surface area (Å²) in [4.78, 5) is 61.8. The molecule has 9 rings (SSSR count). The zero-order valence-corrected chi connectivity index (χ0v) is 32.7. The molecule has 13 heteroatoms. The minimum atomic E-state index is -1.28. The number of methoxy groups -OCH3 is 1. The third-order valence-corrected chi connectivity index (χ3v) is 14.2. The maximum absolute atomic E-state index is 15.1. The molecule has 2 N–H and O–H groups in total. The van der Waals surface area contributed by atoms with Gasteiger partial charge in [0.15, 0.2) is 11.5 Å². The Bertz CT molecular complexity index is 2540. The molecular weight excluding hydrogens is 752 g/mol. The Morgan fingerprint density at radius 2 is 1.73 bits per heavy atom. The number of imide groups is 2. The lowest BCUT2D eigenvalue weighted by atomic mass is 9.51. The van der Waals surface area contributed by atoms with Gasteiger partial charge in [-0.1, -0.05) is 41.4 Å². The summed E-state index contributed by atoms with van der Waals surface area (Å²) in [5, 5.41) is 26.7. The average molecular weight is 791 g/mol. The highest BCUT2D eigenvalue weighted by atomic mass is 35.5. The minimum absolute atomic E-state index is 0.0690. The second kappa shape index (κ2) is 13.1. The smallest absolute Gasteiger partial charge is 0.242 e. The van der Waals surface area contributed by atoms with Crippen molar-refractivity contribution in [1.82, 2.24) is 14.7 Å². The zero-order chi connectivity index (χ0) is 39.4. The number of hydrogen-bond donors (Lipinski definition) is 2. The van der Waals surface area contributed by atoms with E-state index in [0.29, 0.717) is 34.9 Å². The van der Waals surface area contributed by atoms with Crippen molar-refractivity contribution in [2.24, 2.45) is 36.1 Å². The van der Waals surface area contributed by atoms with Crippen molar-refractivity contribution in [3.63, 3.8) is 0 Å². The van der Waals surface area contributed by atoms with E-state index in [4.69, 9.17) is 21.4 Å². The number of anilines is 1. The first-order chi connectivity index (χ1) is 26.8. The first-order valence-electron chi connectivity index (χ1n) is 18.6. The molecule has 286 valence electrons. The van der Waals surface area contributed by atoms with Crippen LogP contribution in [-0.2, 0) is 32.6 Å². The Morgan fingerprint density at radius 1 is 0.964 bits per heavy atom. The number of phenolic OH excluding ortho intramolecular Hbond substituents is 2. The number of aryl methyl sites for hydroxylation is 2. The predicted octanol–water partition coefficient (Wildman–Crippen LogP) is 7.16. The van der Waals surface area contributed by atoms with Crippen LogP contribution in [0.25, 0.3) is 20.7 Å². The van der Waals surface area contributed by atoms with Crippen LogP contribution in [0.15, 0.2) is 78.4 Å². The van der Waals surface area contributed by atoms with Gasteiger partial charge in [-0.15, -0.1) is 11.3 Å². The number of nitrogens with zero attached hydrogens (tertiary/aromatic N) is 4. The zero-order valence-electron chi connectivity index (χ0n) is 31.2. The molecule has 2 aliphatic carbocycles. The van der Waals surface area contributed by atoms with Gasteiger partial charge in [-0.05, 0) is 104 Å². The highest BCUT2D eigenvalue weighted by Crippen LogP contribution is 2.64. The highest BCUT2D eigenvalue weighted by Gasteiger charge is 2.68. The molecule has 0 radical (unpaired) electrons. The first kappa shape index (κ1) is 36.2. The number of carbonyl (C=O) groups is 4. The standard InChI is InChI=1S/C43H39ClN4O7S/c1-21-28-18-24(44)8-14-34(28)56-38(21)31-20-35(46(3)45-31)48-40(52)30-19-29-26(37(43(30,2)42(48)54)23-7-13-32(50)33(17-23)55-4)11-12-27-36(29)41(53)47(39(27)51)16-15-22-5-9-25(49)10-6-22/h5-11,13-14,17-18,20,27,29-30,36-37,49-50H,12,15-16,19H2,1-4H3. The molecule has 4 aliphatic rings. The van der Waals surface area contributed by atoms with Gasteiger partial charge >= 0.3 is 0 Å². The van der Waals surface area contributed by atoms with Crippen LogP contribution in [0.5, 0.6) is 17.2 Å². The SMILES string of the molecule is COc1cc(C2C3=CCC4C(=O)N(CCc5ccc(O)cc5)C(=O)C4C3CC3C(=O)N(c4cc(-c5sc6ccc(Cl)cc6c5C)nn4C)C(=O)C32C)ccc1O. The van der Waals surface area contributed by atoms with Crippen molar-refractivity contribution in [3.8, 4) is 27.8 Å². The van der Waals surface area contributed by atoms with E-state index in [-0.39, 0.29) is 53.8 Å². The number of likely N-dealkylation sites (tertiary alicyclic amines) is 1. The van der Waals surface area contributed by atoms with Crippen LogP contribution >= 0.6 is 22.9 Å². The number of ether oxygens (including phenoxy) is 1. The third-order valence-electron chi connectivity index (χ3n) is 12.7. The second-order valence-electron chi connectivity index (χ2n) is 15.5. The van der Waals surface area contributed by atoms with Gasteiger partial charge in [0.25, 0.3) is 0 Å². The van der Waals surface area contributed by atoms with Crippen molar-refractivity contribution in [2.45, 2.75) is 39.0 Å². The molecule has 2 aliphatic heterocycles. The van der Waals surface area contributed by atoms with Crippen LogP contribution in [0.1, 0.15) is 42.4 Å². The summed E-state index contributed by atoms with van der Waals surface area (Å²) in [6.45, 7) is 4.02. The maximum atomic E-state index is 15.1. The number of hydrogen-bond acceptors (Lipinski definition) is 9. The molecule has 6 unspecified atom stereocenters. The van der Waals surface area contributed by atoms with E-state index in [1.165, 1.54) is 23.0 Å². The van der Waals surface area contributed by atoms with Crippen LogP contribution in [0.3, 0.4) is 0 Å². The summed E-state index contributed by atoms with van der Waals surface area (Å²) in [5.41, 5.74) is 2.72. The van der Waals surface area contributed by atoms with Crippen molar-refractivity contribution in [1.29, 1.82) is 0 Å². The number of carbonyl (C=O) groups excluding carboxylic acids is 4. The van der Waals surface area contributed by atoms with Crippen molar-refractivity contribution < 1.29 is 34.1 Å². The maximum Gasteiger partial charge on any atom is 0.242 e. The van der Waals surface area contributed by atoms with Crippen LogP contribution in [-0.4, -0.2) is 62.2 Å². The number of benzene rings is 3. The number of aromatic hydroxyl groups is 2. The molecule has 4 heterocycles. The third kappa shape index (κ3) is 5.25. The molecule has 2 aromatic heterocycles. The normalized spacial score (nSPS) is 25.8. The molecule has 5 aromatic rings.